The number of halogens is 3. The summed E-state index contributed by atoms with van der Waals surface area (Å²) in [5.41, 5.74) is -2.35. The minimum atomic E-state index is -4.62. The van der Waals surface area contributed by atoms with Crippen molar-refractivity contribution in [1.29, 1.82) is 0 Å². The minimum absolute atomic E-state index is 0.0595. The SMILES string of the molecule is C[C@@H](C1CC1)N1Cc2cc(/C=C/[B]OC(C)(C)C(C)(C)O)cc(C(F)(F)F)c2C1=O. The second-order valence-electron chi connectivity index (χ2n) is 9.29. The summed E-state index contributed by atoms with van der Waals surface area (Å²) in [4.78, 5) is 14.3. The van der Waals surface area contributed by atoms with Crippen LogP contribution in [0.4, 0.5) is 13.2 Å². The lowest BCUT2D eigenvalue weighted by Crippen LogP contribution is -2.47. The maximum Gasteiger partial charge on any atom is 0.417 e. The summed E-state index contributed by atoms with van der Waals surface area (Å²) in [6.07, 6.45) is -1.09. The van der Waals surface area contributed by atoms with Crippen LogP contribution >= 0.6 is 0 Å². The van der Waals surface area contributed by atoms with Gasteiger partial charge in [-0.25, -0.2) is 0 Å². The monoisotopic (exact) mass is 422 g/mol. The molecule has 1 radical (unpaired) electrons. The highest BCUT2D eigenvalue weighted by molar-refractivity contribution is 6.35. The summed E-state index contributed by atoms with van der Waals surface area (Å²) in [5, 5.41) is 10.1. The van der Waals surface area contributed by atoms with Crippen molar-refractivity contribution in [2.24, 2.45) is 5.92 Å². The van der Waals surface area contributed by atoms with Crippen LogP contribution in [0.5, 0.6) is 0 Å². The lowest BCUT2D eigenvalue weighted by atomic mass is 9.86. The molecule has 1 aliphatic carbocycles. The highest BCUT2D eigenvalue weighted by Gasteiger charge is 2.44. The van der Waals surface area contributed by atoms with Gasteiger partial charge in [0.1, 0.15) is 0 Å². The van der Waals surface area contributed by atoms with E-state index in [4.69, 9.17) is 4.65 Å². The smallest absolute Gasteiger partial charge is 0.417 e. The van der Waals surface area contributed by atoms with Crippen LogP contribution in [0.15, 0.2) is 18.1 Å². The summed E-state index contributed by atoms with van der Waals surface area (Å²) in [6, 6.07) is 2.58. The van der Waals surface area contributed by atoms with Crippen molar-refractivity contribution in [2.75, 3.05) is 0 Å². The Hall–Kier alpha value is -1.80. The summed E-state index contributed by atoms with van der Waals surface area (Å²) < 4.78 is 46.7. The summed E-state index contributed by atoms with van der Waals surface area (Å²) in [7, 11) is 1.35. The molecule has 0 spiro atoms. The van der Waals surface area contributed by atoms with Crippen molar-refractivity contribution in [3.8, 4) is 0 Å². The summed E-state index contributed by atoms with van der Waals surface area (Å²) in [5.74, 6) is 1.34. The zero-order valence-corrected chi connectivity index (χ0v) is 18.0. The molecule has 0 unspecified atom stereocenters. The highest BCUT2D eigenvalue weighted by atomic mass is 19.4. The predicted molar refractivity (Wildman–Crippen MR) is 110 cm³/mol. The number of fused-ring (bicyclic) bond motifs is 1. The van der Waals surface area contributed by atoms with Crippen molar-refractivity contribution in [3.05, 3.63) is 40.4 Å². The van der Waals surface area contributed by atoms with Gasteiger partial charge in [0.2, 0.25) is 0 Å². The number of alkyl halides is 3. The van der Waals surface area contributed by atoms with Crippen LogP contribution in [-0.4, -0.2) is 40.6 Å². The molecule has 0 bridgehead atoms. The topological polar surface area (TPSA) is 49.8 Å². The first-order valence-corrected chi connectivity index (χ1v) is 10.2. The van der Waals surface area contributed by atoms with Gasteiger partial charge in [0.05, 0.1) is 22.3 Å². The number of rotatable bonds is 7. The first kappa shape index (κ1) is 22.9. The van der Waals surface area contributed by atoms with Gasteiger partial charge in [-0.3, -0.25) is 4.79 Å². The van der Waals surface area contributed by atoms with Gasteiger partial charge in [0.25, 0.3) is 5.91 Å². The Morgan fingerprint density at radius 1 is 1.23 bits per heavy atom. The predicted octanol–water partition coefficient (Wildman–Crippen LogP) is 4.62. The van der Waals surface area contributed by atoms with Crippen LogP contribution < -0.4 is 0 Å². The number of hydrogen-bond donors (Lipinski definition) is 1. The number of carbonyl (C=O) groups excluding carboxylic acids is 1. The third-order valence-corrected chi connectivity index (χ3v) is 6.36. The molecule has 4 nitrogen and oxygen atoms in total. The number of carbonyl (C=O) groups is 1. The Balaban J connectivity index is 1.83. The van der Waals surface area contributed by atoms with Crippen molar-refractivity contribution >= 4 is 19.5 Å². The maximum atomic E-state index is 13.7. The van der Waals surface area contributed by atoms with E-state index in [1.165, 1.54) is 19.5 Å². The van der Waals surface area contributed by atoms with E-state index in [0.717, 1.165) is 18.9 Å². The molecule has 1 fully saturated rings. The fraction of sp³-hybridized carbons (Fsp3) is 0.591. The Morgan fingerprint density at radius 3 is 2.40 bits per heavy atom. The van der Waals surface area contributed by atoms with Crippen molar-refractivity contribution in [1.82, 2.24) is 4.90 Å². The van der Waals surface area contributed by atoms with Crippen molar-refractivity contribution < 1.29 is 27.7 Å². The molecule has 30 heavy (non-hydrogen) atoms. The first-order valence-electron chi connectivity index (χ1n) is 10.2. The van der Waals surface area contributed by atoms with E-state index >= 15 is 0 Å². The van der Waals surface area contributed by atoms with Crippen LogP contribution in [0.1, 0.15) is 74.5 Å². The molecule has 2 aliphatic rings. The van der Waals surface area contributed by atoms with Gasteiger partial charge in [0, 0.05) is 12.6 Å². The molecule has 1 aliphatic heterocycles. The summed E-state index contributed by atoms with van der Waals surface area (Å²) >= 11 is 0. The van der Waals surface area contributed by atoms with Crippen LogP contribution in [-0.2, 0) is 17.4 Å². The molecule has 1 saturated carbocycles. The number of aliphatic hydroxyl groups is 1. The van der Waals surface area contributed by atoms with Crippen LogP contribution in [0, 0.1) is 5.92 Å². The number of amides is 1. The molecule has 3 rings (SSSR count). The van der Waals surface area contributed by atoms with E-state index in [-0.39, 0.29) is 18.2 Å². The van der Waals surface area contributed by atoms with Crippen LogP contribution in [0.2, 0.25) is 0 Å². The molecular formula is C22H28BF3NO3. The molecule has 163 valence electrons. The van der Waals surface area contributed by atoms with Crippen molar-refractivity contribution in [2.45, 2.75) is 77.4 Å². The quantitative estimate of drug-likeness (QED) is 0.653. The highest BCUT2D eigenvalue weighted by Crippen LogP contribution is 2.42. The average molecular weight is 422 g/mol. The number of hydrogen-bond acceptors (Lipinski definition) is 3. The molecule has 1 N–H and O–H groups in total. The number of nitrogens with zero attached hydrogens (tertiary/aromatic N) is 1. The zero-order valence-electron chi connectivity index (χ0n) is 18.0. The van der Waals surface area contributed by atoms with E-state index in [9.17, 15) is 23.1 Å². The first-order chi connectivity index (χ1) is 13.7. The molecule has 0 aromatic heterocycles. The van der Waals surface area contributed by atoms with Crippen LogP contribution in [0.3, 0.4) is 0 Å². The molecule has 1 aromatic rings. The molecule has 1 atom stereocenters. The van der Waals surface area contributed by atoms with E-state index < -0.39 is 28.8 Å². The van der Waals surface area contributed by atoms with E-state index in [1.54, 1.807) is 38.7 Å². The lowest BCUT2D eigenvalue weighted by molar-refractivity contribution is -0.138. The fourth-order valence-corrected chi connectivity index (χ4v) is 3.49. The second kappa shape index (κ2) is 7.72. The lowest BCUT2D eigenvalue weighted by Gasteiger charge is -2.37. The Bertz CT molecular complexity index is 854. The largest absolute Gasteiger partial charge is 0.427 e. The molecular weight excluding hydrogens is 394 g/mol. The Kier molecular flexibility index (Phi) is 5.88. The third-order valence-electron chi connectivity index (χ3n) is 6.36. The van der Waals surface area contributed by atoms with Gasteiger partial charge in [-0.1, -0.05) is 12.1 Å². The van der Waals surface area contributed by atoms with E-state index in [1.807, 2.05) is 6.92 Å². The molecule has 0 saturated heterocycles. The Labute approximate surface area is 176 Å². The van der Waals surface area contributed by atoms with Gasteiger partial charge < -0.3 is 14.7 Å². The normalized spacial score (nSPS) is 18.8. The van der Waals surface area contributed by atoms with Gasteiger partial charge in [-0.05, 0) is 76.6 Å². The van der Waals surface area contributed by atoms with Gasteiger partial charge in [-0.2, -0.15) is 13.2 Å². The maximum absolute atomic E-state index is 13.7. The molecule has 1 amide bonds. The van der Waals surface area contributed by atoms with Gasteiger partial charge in [-0.15, -0.1) is 0 Å². The average Bonchev–Trinajstić information content (AvgIpc) is 3.40. The standard InChI is InChI=1S/C22H28BF3NO3/c1-13(15-6-7-15)27-12-16-10-14(8-9-23-30-21(4,5)20(2,3)29)11-17(22(24,25)26)18(16)19(27)28/h8-11,13,15,29H,6-7,12H2,1-5H3/b9-8+/t13-/m0/s1. The second-order valence-corrected chi connectivity index (χ2v) is 9.29. The van der Waals surface area contributed by atoms with E-state index in [2.05, 4.69) is 0 Å². The van der Waals surface area contributed by atoms with Gasteiger partial charge >= 0.3 is 13.7 Å². The molecule has 1 heterocycles. The fourth-order valence-electron chi connectivity index (χ4n) is 3.49. The molecule has 8 heteroatoms. The van der Waals surface area contributed by atoms with Crippen molar-refractivity contribution in [3.63, 3.8) is 0 Å². The minimum Gasteiger partial charge on any atom is -0.427 e. The van der Waals surface area contributed by atoms with Gasteiger partial charge in [0.15, 0.2) is 0 Å². The zero-order chi connectivity index (χ0) is 22.5. The van der Waals surface area contributed by atoms with Crippen LogP contribution in [0.25, 0.3) is 6.08 Å². The third kappa shape index (κ3) is 4.59. The Morgan fingerprint density at radius 2 is 1.87 bits per heavy atom. The number of benzene rings is 1. The molecule has 1 aromatic carbocycles. The van der Waals surface area contributed by atoms with E-state index in [0.29, 0.717) is 17.0 Å². The summed E-state index contributed by atoms with van der Waals surface area (Å²) in [6.45, 7) is 8.78.